The predicted molar refractivity (Wildman–Crippen MR) is 350 cm³/mol. The molecule has 0 fully saturated rings. The first-order chi connectivity index (χ1) is 39.7. The minimum absolute atomic E-state index is 0.0860. The summed E-state index contributed by atoms with van der Waals surface area (Å²) >= 11 is 0. The van der Waals surface area contributed by atoms with Gasteiger partial charge >= 0.3 is 0 Å². The molecule has 0 amide bonds. The van der Waals surface area contributed by atoms with E-state index in [0.717, 1.165) is 22.9 Å². The van der Waals surface area contributed by atoms with Gasteiger partial charge in [-0.3, -0.25) is 0 Å². The third kappa shape index (κ3) is 7.82. The molecule has 3 aliphatic heterocycles. The highest BCUT2D eigenvalue weighted by atomic mass is 28.3. The molecule has 0 saturated heterocycles. The lowest BCUT2D eigenvalue weighted by Crippen LogP contribution is -2.77. The zero-order chi connectivity index (χ0) is 55.0. The number of fused-ring (bicyclic) bond motifs is 6. The highest BCUT2D eigenvalue weighted by Crippen LogP contribution is 2.44. The number of nitrogens with zero attached hydrogens (tertiary/aromatic N) is 2. The Bertz CT molecular complexity index is 3730. The van der Waals surface area contributed by atoms with Gasteiger partial charge in [0.25, 0.3) is 6.71 Å². The Hall–Kier alpha value is -8.68. The second-order valence-corrected chi connectivity index (χ2v) is 30.7. The van der Waals surface area contributed by atoms with Crippen molar-refractivity contribution in [1.82, 2.24) is 0 Å². The minimum atomic E-state index is -2.83. The lowest BCUT2D eigenvalue weighted by molar-refractivity contribution is 0.488. The molecule has 392 valence electrons. The zero-order valence-electron chi connectivity index (χ0n) is 47.0. The Balaban J connectivity index is 0.992. The van der Waals surface area contributed by atoms with Gasteiger partial charge in [-0.1, -0.05) is 265 Å². The Labute approximate surface area is 480 Å². The van der Waals surface area contributed by atoms with Crippen molar-refractivity contribution < 1.29 is 4.74 Å². The normalized spacial score (nSPS) is 14.4. The van der Waals surface area contributed by atoms with Crippen LogP contribution in [0.3, 0.4) is 0 Å². The van der Waals surface area contributed by atoms with Crippen LogP contribution in [-0.4, -0.2) is 22.9 Å². The van der Waals surface area contributed by atoms with E-state index in [-0.39, 0.29) is 6.71 Å². The van der Waals surface area contributed by atoms with Gasteiger partial charge in [0.1, 0.15) is 11.5 Å². The Morgan fingerprint density at radius 3 is 0.914 bits per heavy atom. The van der Waals surface area contributed by atoms with Gasteiger partial charge in [0, 0.05) is 46.3 Å². The van der Waals surface area contributed by atoms with E-state index in [1.54, 1.807) is 0 Å². The Morgan fingerprint density at radius 1 is 0.321 bits per heavy atom. The average Bonchev–Trinajstić information content (AvgIpc) is 2.82. The second-order valence-electron chi connectivity index (χ2n) is 23.3. The molecule has 0 aromatic heterocycles. The highest BCUT2D eigenvalue weighted by molar-refractivity contribution is 7.22. The number of benzene rings is 11. The van der Waals surface area contributed by atoms with Crippen LogP contribution in [0.25, 0.3) is 0 Å². The van der Waals surface area contributed by atoms with Gasteiger partial charge in [0.15, 0.2) is 16.1 Å². The van der Waals surface area contributed by atoms with Gasteiger partial charge in [-0.05, 0) is 123 Å². The molecular formula is C75H65BN2OSi2. The maximum atomic E-state index is 7.63. The molecule has 0 bridgehead atoms. The highest BCUT2D eigenvalue weighted by Gasteiger charge is 2.51. The van der Waals surface area contributed by atoms with Crippen LogP contribution in [0.5, 0.6) is 11.5 Å². The monoisotopic (exact) mass is 1080 g/mol. The van der Waals surface area contributed by atoms with Crippen molar-refractivity contribution >= 4 is 115 Å². The van der Waals surface area contributed by atoms with Gasteiger partial charge in [0.05, 0.1) is 0 Å². The van der Waals surface area contributed by atoms with Crippen LogP contribution in [0.2, 0.25) is 0 Å². The molecule has 3 aliphatic rings. The fourth-order valence-corrected chi connectivity index (χ4v) is 24.5. The maximum Gasteiger partial charge on any atom is 0.251 e. The van der Waals surface area contributed by atoms with E-state index in [0.29, 0.717) is 17.8 Å². The molecule has 6 heteroatoms. The summed E-state index contributed by atoms with van der Waals surface area (Å²) in [4.78, 5) is 5.03. The van der Waals surface area contributed by atoms with Gasteiger partial charge in [0.2, 0.25) is 0 Å². The predicted octanol–water partition coefficient (Wildman–Crippen LogP) is 12.0. The zero-order valence-corrected chi connectivity index (χ0v) is 49.0. The van der Waals surface area contributed by atoms with Crippen LogP contribution >= 0.6 is 0 Å². The van der Waals surface area contributed by atoms with Crippen LogP contribution in [-0.2, 0) is 0 Å². The fraction of sp³-hybridized carbons (Fsp3) is 0.120. The molecule has 3 nitrogen and oxygen atoms in total. The van der Waals surface area contributed by atoms with Crippen molar-refractivity contribution in [3.05, 3.63) is 284 Å². The summed E-state index contributed by atoms with van der Waals surface area (Å²) < 4.78 is 7.63. The fourth-order valence-electron chi connectivity index (χ4n) is 14.3. The topological polar surface area (TPSA) is 15.7 Å². The lowest BCUT2D eigenvalue weighted by Gasteiger charge is -2.45. The van der Waals surface area contributed by atoms with Crippen molar-refractivity contribution in [3.63, 3.8) is 0 Å². The standard InChI is InChI=1S/C75H65BN2OSi2/c1-51(2)54-47-61(52(3)4)75(62(48-54)53(5)6)76-63-45-43-55(77-65-35-19-23-39-71(65)80(57-27-11-7-12-28-57,58-29-13-8-14-30-58)72-40-24-20-36-66(72)77)49-69(63)79-70-50-56(44-46-64(70)76)78-67-37-21-25-41-73(67)81(59-31-15-9-16-32-59,60-33-17-10-18-34-60)74-42-26-22-38-68(74)78/h7-53H,1-6H3. The molecule has 3 heterocycles. The molecule has 81 heavy (non-hydrogen) atoms. The van der Waals surface area contributed by atoms with Gasteiger partial charge in [-0.2, -0.15) is 0 Å². The molecule has 11 aromatic carbocycles. The quantitative estimate of drug-likeness (QED) is 0.127. The Morgan fingerprint density at radius 2 is 0.617 bits per heavy atom. The molecule has 0 atom stereocenters. The number of hydrogen-bond donors (Lipinski definition) is 0. The largest absolute Gasteiger partial charge is 0.458 e. The molecule has 0 N–H and O–H groups in total. The van der Waals surface area contributed by atoms with Crippen molar-refractivity contribution in [1.29, 1.82) is 0 Å². The molecule has 0 saturated carbocycles. The molecule has 14 rings (SSSR count). The van der Waals surface area contributed by atoms with Crippen molar-refractivity contribution in [2.45, 2.75) is 59.3 Å². The third-order valence-electron chi connectivity index (χ3n) is 17.8. The summed E-state index contributed by atoms with van der Waals surface area (Å²) in [5.74, 6) is 2.76. The average molecular weight is 1080 g/mol. The molecule has 0 aliphatic carbocycles. The van der Waals surface area contributed by atoms with E-state index in [1.807, 2.05) is 0 Å². The molecule has 0 radical (unpaired) electrons. The first kappa shape index (κ1) is 50.5. The summed E-state index contributed by atoms with van der Waals surface area (Å²) in [6, 6.07) is 101. The number of rotatable bonds is 10. The van der Waals surface area contributed by atoms with Crippen LogP contribution < -0.4 is 72.4 Å². The van der Waals surface area contributed by atoms with E-state index < -0.39 is 16.1 Å². The smallest absolute Gasteiger partial charge is 0.251 e. The number of ether oxygens (including phenoxy) is 1. The maximum absolute atomic E-state index is 7.63. The van der Waals surface area contributed by atoms with Crippen LogP contribution in [0.4, 0.5) is 34.1 Å². The number of hydrogen-bond acceptors (Lipinski definition) is 3. The summed E-state index contributed by atoms with van der Waals surface area (Å²) in [5.41, 5.74) is 14.9. The van der Waals surface area contributed by atoms with E-state index >= 15 is 0 Å². The molecular weight excluding hydrogens is 1010 g/mol. The SMILES string of the molecule is CC(C)c1cc(C(C)C)c(B2c3ccc(N4c5ccccc5[Si](c5ccccc5)(c5ccccc5)c5ccccc54)cc3Oc3cc(N4c5ccccc5[Si](c5ccccc5)(c5ccccc5)c5ccccc54)ccc32)c(C(C)C)c1. The first-order valence-corrected chi connectivity index (χ1v) is 33.0. The first-order valence-electron chi connectivity index (χ1n) is 29.0. The van der Waals surface area contributed by atoms with Crippen LogP contribution in [0, 0.1) is 0 Å². The third-order valence-corrected chi connectivity index (χ3v) is 27.6. The second kappa shape index (κ2) is 20.1. The van der Waals surface area contributed by atoms with E-state index in [1.165, 1.54) is 97.3 Å². The van der Waals surface area contributed by atoms with E-state index in [9.17, 15) is 0 Å². The number of anilines is 6. The van der Waals surface area contributed by atoms with Crippen molar-refractivity contribution in [2.24, 2.45) is 0 Å². The molecule has 0 spiro atoms. The minimum Gasteiger partial charge on any atom is -0.458 e. The van der Waals surface area contributed by atoms with Gasteiger partial charge < -0.3 is 14.5 Å². The summed E-state index contributed by atoms with van der Waals surface area (Å²) in [6.45, 7) is 14.1. The Kier molecular flexibility index (Phi) is 12.6. The lowest BCUT2D eigenvalue weighted by atomic mass is 9.34. The summed E-state index contributed by atoms with van der Waals surface area (Å²) in [5, 5.41) is 11.0. The van der Waals surface area contributed by atoms with Crippen LogP contribution in [0.1, 0.15) is 76.0 Å². The van der Waals surface area contributed by atoms with Gasteiger partial charge in [-0.25, -0.2) is 0 Å². The molecule has 11 aromatic rings. The summed E-state index contributed by atoms with van der Waals surface area (Å²) in [6.07, 6.45) is 0. The van der Waals surface area contributed by atoms with Crippen LogP contribution in [0.15, 0.2) is 267 Å². The van der Waals surface area contributed by atoms with E-state index in [4.69, 9.17) is 4.74 Å². The van der Waals surface area contributed by atoms with Crippen molar-refractivity contribution in [3.8, 4) is 11.5 Å². The molecule has 0 unspecified atom stereocenters. The van der Waals surface area contributed by atoms with E-state index in [2.05, 4.69) is 318 Å². The summed E-state index contributed by atoms with van der Waals surface area (Å²) in [7, 11) is -5.65. The van der Waals surface area contributed by atoms with Gasteiger partial charge in [-0.15, -0.1) is 0 Å². The number of para-hydroxylation sites is 4. The van der Waals surface area contributed by atoms with Crippen molar-refractivity contribution in [2.75, 3.05) is 9.80 Å².